The Labute approximate surface area is 87.4 Å². The minimum absolute atomic E-state index is 0.117. The summed E-state index contributed by atoms with van der Waals surface area (Å²) in [5.41, 5.74) is 1.44. The number of hydrogen-bond donors (Lipinski definition) is 2. The van der Waals surface area contributed by atoms with Crippen molar-refractivity contribution in [3.05, 3.63) is 28.8 Å². The number of carboxylic acid groups (broad SMARTS) is 1. The number of phenolic OH excluding ortho intramolecular Hbond substituents is 1. The lowest BCUT2D eigenvalue weighted by Gasteiger charge is -2.08. The van der Waals surface area contributed by atoms with Crippen molar-refractivity contribution in [2.24, 2.45) is 0 Å². The maximum absolute atomic E-state index is 10.6. The van der Waals surface area contributed by atoms with Crippen LogP contribution < -0.4 is 0 Å². The summed E-state index contributed by atoms with van der Waals surface area (Å²) >= 11 is 0. The van der Waals surface area contributed by atoms with E-state index in [1.54, 1.807) is 6.07 Å². The summed E-state index contributed by atoms with van der Waals surface area (Å²) < 4.78 is 0. The van der Waals surface area contributed by atoms with Crippen LogP contribution in [0.1, 0.15) is 23.6 Å². The lowest BCUT2D eigenvalue weighted by molar-refractivity contribution is -0.136. The van der Waals surface area contributed by atoms with E-state index < -0.39 is 5.97 Å². The summed E-state index contributed by atoms with van der Waals surface area (Å²) in [6.45, 7) is 1.85. The van der Waals surface area contributed by atoms with Crippen LogP contribution in [0.5, 0.6) is 5.75 Å². The summed E-state index contributed by atoms with van der Waals surface area (Å²) in [6, 6.07) is 4.81. The van der Waals surface area contributed by atoms with E-state index in [1.165, 1.54) is 6.07 Å². The van der Waals surface area contributed by atoms with Gasteiger partial charge in [0.25, 0.3) is 0 Å². The predicted octanol–water partition coefficient (Wildman–Crippen LogP) is 1.45. The number of nitriles is 1. The summed E-state index contributed by atoms with van der Waals surface area (Å²) in [6.07, 6.45) is 0.367. The van der Waals surface area contributed by atoms with Crippen LogP contribution in [0.15, 0.2) is 12.1 Å². The van der Waals surface area contributed by atoms with Crippen LogP contribution in [0.2, 0.25) is 0 Å². The average Bonchev–Trinajstić information content (AvgIpc) is 2.20. The van der Waals surface area contributed by atoms with E-state index in [0.29, 0.717) is 23.1 Å². The molecule has 0 amide bonds. The molecule has 0 heterocycles. The Bertz CT molecular complexity index is 432. The van der Waals surface area contributed by atoms with Gasteiger partial charge in [0.15, 0.2) is 0 Å². The van der Waals surface area contributed by atoms with Gasteiger partial charge in [-0.1, -0.05) is 6.92 Å². The standard InChI is InChI=1S/C11H11NO3/c1-2-8-3-7(6-12)4-10(13)9(8)5-11(14)15/h3-4,13H,2,5H2,1H3,(H,14,15). The zero-order valence-corrected chi connectivity index (χ0v) is 8.32. The summed E-state index contributed by atoms with van der Waals surface area (Å²) in [4.78, 5) is 10.6. The molecule has 0 saturated heterocycles. The molecule has 0 spiro atoms. The molecule has 0 saturated carbocycles. The molecule has 0 aromatic heterocycles. The number of carbonyl (C=O) groups is 1. The fourth-order valence-electron chi connectivity index (χ4n) is 1.45. The Kier molecular flexibility index (Phi) is 3.29. The van der Waals surface area contributed by atoms with Crippen LogP contribution in [-0.4, -0.2) is 16.2 Å². The molecule has 1 rings (SSSR count). The highest BCUT2D eigenvalue weighted by molar-refractivity contribution is 5.72. The van der Waals surface area contributed by atoms with Crippen molar-refractivity contribution in [1.29, 1.82) is 5.26 Å². The molecule has 0 aliphatic rings. The van der Waals surface area contributed by atoms with Crippen LogP contribution in [-0.2, 0) is 17.6 Å². The molecule has 78 valence electrons. The number of rotatable bonds is 3. The SMILES string of the molecule is CCc1cc(C#N)cc(O)c1CC(=O)O. The van der Waals surface area contributed by atoms with E-state index in [0.717, 1.165) is 0 Å². The fraction of sp³-hybridized carbons (Fsp3) is 0.273. The van der Waals surface area contributed by atoms with Crippen molar-refractivity contribution >= 4 is 5.97 Å². The molecule has 1 aromatic carbocycles. The van der Waals surface area contributed by atoms with Gasteiger partial charge in [0, 0.05) is 5.56 Å². The van der Waals surface area contributed by atoms with E-state index >= 15 is 0 Å². The molecule has 15 heavy (non-hydrogen) atoms. The largest absolute Gasteiger partial charge is 0.508 e. The van der Waals surface area contributed by atoms with Crippen molar-refractivity contribution in [1.82, 2.24) is 0 Å². The molecule has 0 fully saturated rings. The first-order valence-corrected chi connectivity index (χ1v) is 4.55. The van der Waals surface area contributed by atoms with Gasteiger partial charge in [-0.25, -0.2) is 0 Å². The van der Waals surface area contributed by atoms with Crippen LogP contribution in [0, 0.1) is 11.3 Å². The first-order chi connectivity index (χ1) is 7.08. The second-order valence-electron chi connectivity index (χ2n) is 3.17. The van der Waals surface area contributed by atoms with E-state index in [9.17, 15) is 9.90 Å². The summed E-state index contributed by atoms with van der Waals surface area (Å²) in [5, 5.41) is 26.9. The highest BCUT2D eigenvalue weighted by Crippen LogP contribution is 2.24. The van der Waals surface area contributed by atoms with Gasteiger partial charge in [-0.05, 0) is 24.1 Å². The fourth-order valence-corrected chi connectivity index (χ4v) is 1.45. The maximum atomic E-state index is 10.6. The van der Waals surface area contributed by atoms with Crippen LogP contribution >= 0.6 is 0 Å². The highest BCUT2D eigenvalue weighted by Gasteiger charge is 2.12. The van der Waals surface area contributed by atoms with Gasteiger partial charge in [0.2, 0.25) is 0 Å². The minimum Gasteiger partial charge on any atom is -0.508 e. The Morgan fingerprint density at radius 2 is 2.20 bits per heavy atom. The van der Waals surface area contributed by atoms with Crippen molar-refractivity contribution in [2.75, 3.05) is 0 Å². The highest BCUT2D eigenvalue weighted by atomic mass is 16.4. The Morgan fingerprint density at radius 3 is 2.67 bits per heavy atom. The van der Waals surface area contributed by atoms with E-state index in [1.807, 2.05) is 13.0 Å². The molecule has 0 unspecified atom stereocenters. The zero-order valence-electron chi connectivity index (χ0n) is 8.32. The molecular formula is C11H11NO3. The number of hydrogen-bond acceptors (Lipinski definition) is 3. The third-order valence-corrected chi connectivity index (χ3v) is 2.16. The van der Waals surface area contributed by atoms with Gasteiger partial charge in [-0.15, -0.1) is 0 Å². The summed E-state index contributed by atoms with van der Waals surface area (Å²) in [7, 11) is 0. The molecule has 4 nitrogen and oxygen atoms in total. The maximum Gasteiger partial charge on any atom is 0.307 e. The number of aliphatic carboxylic acids is 1. The molecule has 0 bridgehead atoms. The lowest BCUT2D eigenvalue weighted by Crippen LogP contribution is -2.04. The molecule has 0 aliphatic carbocycles. The van der Waals surface area contributed by atoms with Crippen LogP contribution in [0.4, 0.5) is 0 Å². The Hall–Kier alpha value is -2.02. The first-order valence-electron chi connectivity index (χ1n) is 4.55. The number of carboxylic acids is 1. The van der Waals surface area contributed by atoms with E-state index in [-0.39, 0.29) is 12.2 Å². The van der Waals surface area contributed by atoms with Crippen molar-refractivity contribution in [3.8, 4) is 11.8 Å². The van der Waals surface area contributed by atoms with Gasteiger partial charge in [-0.3, -0.25) is 4.79 Å². The first kappa shape index (κ1) is 11.1. The minimum atomic E-state index is -0.996. The monoisotopic (exact) mass is 205 g/mol. The smallest absolute Gasteiger partial charge is 0.307 e. The third kappa shape index (κ3) is 2.47. The third-order valence-electron chi connectivity index (χ3n) is 2.16. The van der Waals surface area contributed by atoms with Gasteiger partial charge >= 0.3 is 5.97 Å². The molecule has 4 heteroatoms. The molecule has 0 atom stereocenters. The Morgan fingerprint density at radius 1 is 1.53 bits per heavy atom. The predicted molar refractivity (Wildman–Crippen MR) is 53.5 cm³/mol. The van der Waals surface area contributed by atoms with Gasteiger partial charge in [0.05, 0.1) is 18.1 Å². The quantitative estimate of drug-likeness (QED) is 0.782. The number of benzene rings is 1. The van der Waals surface area contributed by atoms with Crippen molar-refractivity contribution in [2.45, 2.75) is 19.8 Å². The van der Waals surface area contributed by atoms with Crippen LogP contribution in [0.25, 0.3) is 0 Å². The second-order valence-corrected chi connectivity index (χ2v) is 3.17. The topological polar surface area (TPSA) is 81.3 Å². The van der Waals surface area contributed by atoms with Gasteiger partial charge in [0.1, 0.15) is 5.75 Å². The van der Waals surface area contributed by atoms with Crippen molar-refractivity contribution in [3.63, 3.8) is 0 Å². The van der Waals surface area contributed by atoms with E-state index in [2.05, 4.69) is 0 Å². The number of nitrogens with zero attached hydrogens (tertiary/aromatic N) is 1. The molecular weight excluding hydrogens is 194 g/mol. The van der Waals surface area contributed by atoms with Crippen molar-refractivity contribution < 1.29 is 15.0 Å². The molecule has 0 radical (unpaired) electrons. The average molecular weight is 205 g/mol. The number of aromatic hydroxyl groups is 1. The second kappa shape index (κ2) is 4.47. The normalized spacial score (nSPS) is 9.60. The molecule has 0 aliphatic heterocycles. The number of aryl methyl sites for hydroxylation is 1. The molecule has 1 aromatic rings. The van der Waals surface area contributed by atoms with Crippen LogP contribution in [0.3, 0.4) is 0 Å². The zero-order chi connectivity index (χ0) is 11.4. The van der Waals surface area contributed by atoms with Gasteiger partial charge in [-0.2, -0.15) is 5.26 Å². The van der Waals surface area contributed by atoms with E-state index in [4.69, 9.17) is 10.4 Å². The number of phenols is 1. The molecule has 2 N–H and O–H groups in total. The Balaban J connectivity index is 3.25. The van der Waals surface area contributed by atoms with Gasteiger partial charge < -0.3 is 10.2 Å². The summed E-state index contributed by atoms with van der Waals surface area (Å²) in [5.74, 6) is -1.11. The lowest BCUT2D eigenvalue weighted by atomic mass is 9.98.